The van der Waals surface area contributed by atoms with E-state index in [0.717, 1.165) is 65.1 Å². The molecule has 1 fully saturated rings. The van der Waals surface area contributed by atoms with Gasteiger partial charge in [0.2, 0.25) is 0 Å². The topological polar surface area (TPSA) is 62.5 Å². The van der Waals surface area contributed by atoms with Gasteiger partial charge in [-0.1, -0.05) is 30.3 Å². The fourth-order valence-corrected chi connectivity index (χ4v) is 4.33. The predicted octanol–water partition coefficient (Wildman–Crippen LogP) is 3.90. The summed E-state index contributed by atoms with van der Waals surface area (Å²) in [6, 6.07) is 18.2. The minimum atomic E-state index is 0.0197. The molecule has 2 aromatic heterocycles. The number of nitrogens with one attached hydrogen (secondary N) is 1. The van der Waals surface area contributed by atoms with Gasteiger partial charge in [0.05, 0.1) is 11.2 Å². The van der Waals surface area contributed by atoms with Crippen LogP contribution in [-0.4, -0.2) is 39.6 Å². The maximum absolute atomic E-state index is 12.7. The Hall–Kier alpha value is -3.41. The molecule has 1 aliphatic rings. The monoisotopic (exact) mass is 399 g/mol. The summed E-state index contributed by atoms with van der Waals surface area (Å²) in [5, 5.41) is 8.92. The highest BCUT2D eigenvalue weighted by molar-refractivity contribution is 5.96. The summed E-state index contributed by atoms with van der Waals surface area (Å²) < 4.78 is 1.92. The number of fused-ring (bicyclic) bond motifs is 3. The van der Waals surface area contributed by atoms with Gasteiger partial charge in [0.1, 0.15) is 5.82 Å². The summed E-state index contributed by atoms with van der Waals surface area (Å²) in [4.78, 5) is 19.9. The SMILES string of the molecule is Cc1cc2nc(N3CCC(NC(=O)c4ccccc4C)CC3)c3ccccc3n2n1. The van der Waals surface area contributed by atoms with Crippen LogP contribution in [0.1, 0.15) is 34.5 Å². The van der Waals surface area contributed by atoms with Gasteiger partial charge >= 0.3 is 0 Å². The number of benzene rings is 2. The number of piperidine rings is 1. The van der Waals surface area contributed by atoms with Gasteiger partial charge in [0.15, 0.2) is 5.65 Å². The van der Waals surface area contributed by atoms with Crippen LogP contribution in [0.3, 0.4) is 0 Å². The average Bonchev–Trinajstić information content (AvgIpc) is 3.14. The zero-order valence-electron chi connectivity index (χ0n) is 17.3. The van der Waals surface area contributed by atoms with Crippen LogP contribution >= 0.6 is 0 Å². The zero-order chi connectivity index (χ0) is 20.7. The number of rotatable bonds is 3. The summed E-state index contributed by atoms with van der Waals surface area (Å²) in [7, 11) is 0. The Morgan fingerprint density at radius 1 is 1.03 bits per heavy atom. The molecule has 1 saturated heterocycles. The number of carbonyl (C=O) groups is 1. The van der Waals surface area contributed by atoms with Crippen LogP contribution in [0, 0.1) is 13.8 Å². The van der Waals surface area contributed by atoms with E-state index in [4.69, 9.17) is 4.98 Å². The molecule has 3 heterocycles. The van der Waals surface area contributed by atoms with Crippen molar-refractivity contribution in [2.75, 3.05) is 18.0 Å². The van der Waals surface area contributed by atoms with Gasteiger partial charge < -0.3 is 10.2 Å². The van der Waals surface area contributed by atoms with Crippen LogP contribution < -0.4 is 10.2 Å². The molecule has 5 rings (SSSR count). The standard InChI is InChI=1S/C24H25N5O/c1-16-7-3-4-8-19(16)24(30)25-18-11-13-28(14-12-18)23-20-9-5-6-10-21(20)29-22(26-23)15-17(2)27-29/h3-10,15,18H,11-14H2,1-2H3,(H,25,30). The van der Waals surface area contributed by atoms with E-state index in [0.29, 0.717) is 0 Å². The zero-order valence-corrected chi connectivity index (χ0v) is 17.3. The number of aryl methyl sites for hydroxylation is 2. The normalized spacial score (nSPS) is 15.1. The van der Waals surface area contributed by atoms with E-state index in [-0.39, 0.29) is 11.9 Å². The maximum atomic E-state index is 12.7. The lowest BCUT2D eigenvalue weighted by molar-refractivity contribution is 0.0930. The lowest BCUT2D eigenvalue weighted by Gasteiger charge is -2.34. The summed E-state index contributed by atoms with van der Waals surface area (Å²) in [5.41, 5.74) is 4.67. The first-order valence-corrected chi connectivity index (χ1v) is 10.5. The minimum absolute atomic E-state index is 0.0197. The second-order valence-electron chi connectivity index (χ2n) is 8.06. The molecule has 0 unspecified atom stereocenters. The van der Waals surface area contributed by atoms with Gasteiger partial charge in [-0.2, -0.15) is 5.10 Å². The summed E-state index contributed by atoms with van der Waals surface area (Å²) >= 11 is 0. The Bertz CT molecular complexity index is 1240. The molecule has 30 heavy (non-hydrogen) atoms. The second kappa shape index (κ2) is 7.44. The Kier molecular flexibility index (Phi) is 4.62. The first-order chi connectivity index (χ1) is 14.6. The first kappa shape index (κ1) is 18.6. The van der Waals surface area contributed by atoms with Crippen LogP contribution in [-0.2, 0) is 0 Å². The number of para-hydroxylation sites is 1. The molecule has 4 aromatic rings. The van der Waals surface area contributed by atoms with Gasteiger partial charge in [-0.25, -0.2) is 9.50 Å². The number of hydrogen-bond donors (Lipinski definition) is 1. The number of nitrogens with zero attached hydrogens (tertiary/aromatic N) is 4. The summed E-state index contributed by atoms with van der Waals surface area (Å²) in [5.74, 6) is 1.02. The second-order valence-corrected chi connectivity index (χ2v) is 8.06. The molecule has 0 aliphatic carbocycles. The molecule has 0 saturated carbocycles. The average molecular weight is 399 g/mol. The van der Waals surface area contributed by atoms with E-state index in [9.17, 15) is 4.79 Å². The molecular weight excluding hydrogens is 374 g/mol. The van der Waals surface area contributed by atoms with Crippen molar-refractivity contribution in [2.24, 2.45) is 0 Å². The number of hydrogen-bond acceptors (Lipinski definition) is 4. The van der Waals surface area contributed by atoms with E-state index in [2.05, 4.69) is 27.4 Å². The van der Waals surface area contributed by atoms with Crippen LogP contribution in [0.25, 0.3) is 16.6 Å². The smallest absolute Gasteiger partial charge is 0.251 e. The number of anilines is 1. The molecule has 0 spiro atoms. The minimum Gasteiger partial charge on any atom is -0.356 e. The Morgan fingerprint density at radius 3 is 2.57 bits per heavy atom. The van der Waals surface area contributed by atoms with Gasteiger partial charge in [-0.05, 0) is 50.5 Å². The fraction of sp³-hybridized carbons (Fsp3) is 0.292. The van der Waals surface area contributed by atoms with Gasteiger partial charge in [-0.15, -0.1) is 0 Å². The summed E-state index contributed by atoms with van der Waals surface area (Å²) in [6.45, 7) is 5.69. The van der Waals surface area contributed by atoms with Gasteiger partial charge in [-0.3, -0.25) is 4.79 Å². The molecule has 2 aromatic carbocycles. The maximum Gasteiger partial charge on any atom is 0.251 e. The van der Waals surface area contributed by atoms with Crippen molar-refractivity contribution in [3.05, 3.63) is 71.4 Å². The third-order valence-corrected chi connectivity index (χ3v) is 5.93. The molecule has 1 N–H and O–H groups in total. The van der Waals surface area contributed by atoms with Crippen molar-refractivity contribution < 1.29 is 4.79 Å². The van der Waals surface area contributed by atoms with E-state index >= 15 is 0 Å². The quantitative estimate of drug-likeness (QED) is 0.568. The third-order valence-electron chi connectivity index (χ3n) is 5.93. The number of carbonyl (C=O) groups excluding carboxylic acids is 1. The first-order valence-electron chi connectivity index (χ1n) is 10.5. The summed E-state index contributed by atoms with van der Waals surface area (Å²) in [6.07, 6.45) is 1.80. The van der Waals surface area contributed by atoms with Crippen molar-refractivity contribution in [3.8, 4) is 0 Å². The predicted molar refractivity (Wildman–Crippen MR) is 119 cm³/mol. The molecule has 152 valence electrons. The highest BCUT2D eigenvalue weighted by Crippen LogP contribution is 2.28. The molecule has 1 amide bonds. The van der Waals surface area contributed by atoms with Gasteiger partial charge in [0, 0.05) is 36.1 Å². The number of aromatic nitrogens is 3. The molecule has 6 heteroatoms. The largest absolute Gasteiger partial charge is 0.356 e. The van der Waals surface area contributed by atoms with Crippen LogP contribution in [0.15, 0.2) is 54.6 Å². The van der Waals surface area contributed by atoms with E-state index in [1.165, 1.54) is 0 Å². The van der Waals surface area contributed by atoms with Gasteiger partial charge in [0.25, 0.3) is 5.91 Å². The van der Waals surface area contributed by atoms with E-state index < -0.39 is 0 Å². The van der Waals surface area contributed by atoms with Crippen molar-refractivity contribution >= 4 is 28.3 Å². The Morgan fingerprint density at radius 2 is 1.77 bits per heavy atom. The van der Waals surface area contributed by atoms with Crippen molar-refractivity contribution in [3.63, 3.8) is 0 Å². The number of amides is 1. The highest BCUT2D eigenvalue weighted by Gasteiger charge is 2.24. The van der Waals surface area contributed by atoms with E-state index in [1.807, 2.05) is 60.8 Å². The van der Waals surface area contributed by atoms with Crippen LogP contribution in [0.4, 0.5) is 5.82 Å². The fourth-order valence-electron chi connectivity index (χ4n) is 4.33. The third kappa shape index (κ3) is 3.28. The van der Waals surface area contributed by atoms with Crippen LogP contribution in [0.2, 0.25) is 0 Å². The molecule has 1 aliphatic heterocycles. The molecule has 0 radical (unpaired) electrons. The molecule has 0 bridgehead atoms. The molecule has 0 atom stereocenters. The van der Waals surface area contributed by atoms with E-state index in [1.54, 1.807) is 0 Å². The van der Waals surface area contributed by atoms with Crippen molar-refractivity contribution in [2.45, 2.75) is 32.7 Å². The highest BCUT2D eigenvalue weighted by atomic mass is 16.1. The lowest BCUT2D eigenvalue weighted by atomic mass is 10.0. The molecule has 6 nitrogen and oxygen atoms in total. The van der Waals surface area contributed by atoms with Crippen molar-refractivity contribution in [1.29, 1.82) is 0 Å². The lowest BCUT2D eigenvalue weighted by Crippen LogP contribution is -2.45. The Balaban J connectivity index is 1.36. The van der Waals surface area contributed by atoms with Crippen molar-refractivity contribution in [1.82, 2.24) is 19.9 Å². The molecular formula is C24H25N5O. The van der Waals surface area contributed by atoms with Crippen LogP contribution in [0.5, 0.6) is 0 Å². The Labute approximate surface area is 175 Å².